The Kier molecular flexibility index (Phi) is 1.97. The first kappa shape index (κ1) is 7.92. The van der Waals surface area contributed by atoms with E-state index in [2.05, 4.69) is 5.10 Å². The molecule has 1 aliphatic rings. The van der Waals surface area contributed by atoms with E-state index in [1.54, 1.807) is 10.9 Å². The summed E-state index contributed by atoms with van der Waals surface area (Å²) in [5.74, 6) is 0.839. The number of aryl methyl sites for hydroxylation is 1. The van der Waals surface area contributed by atoms with Crippen LogP contribution in [0.25, 0.3) is 0 Å². The fourth-order valence-electron chi connectivity index (χ4n) is 1.25. The average Bonchev–Trinajstić information content (AvgIpc) is 2.33. The van der Waals surface area contributed by atoms with Crippen molar-refractivity contribution in [3.63, 3.8) is 0 Å². The van der Waals surface area contributed by atoms with Crippen molar-refractivity contribution in [1.29, 1.82) is 0 Å². The van der Waals surface area contributed by atoms with Crippen molar-refractivity contribution in [2.45, 2.75) is 24.3 Å². The number of aromatic nitrogens is 2. The number of hydrogen-bond donors (Lipinski definition) is 0. The molecule has 1 fully saturated rings. The van der Waals surface area contributed by atoms with Gasteiger partial charge in [0.2, 0.25) is 0 Å². The molecule has 0 unspecified atom stereocenters. The molecule has 66 valence electrons. The quantitative estimate of drug-likeness (QED) is 0.656. The Morgan fingerprint density at radius 2 is 2.42 bits per heavy atom. The molecule has 0 aliphatic heterocycles. The van der Waals surface area contributed by atoms with Gasteiger partial charge in [-0.15, -0.1) is 11.6 Å². The summed E-state index contributed by atoms with van der Waals surface area (Å²) in [6.45, 7) is 0. The van der Waals surface area contributed by atoms with Crippen LogP contribution in [0.3, 0.4) is 0 Å². The van der Waals surface area contributed by atoms with Crippen LogP contribution in [0.15, 0.2) is 12.4 Å². The molecule has 1 aromatic rings. The van der Waals surface area contributed by atoms with E-state index < -0.39 is 0 Å². The number of hydrogen-bond acceptors (Lipinski definition) is 2. The van der Waals surface area contributed by atoms with Gasteiger partial charge in [-0.25, -0.2) is 0 Å². The van der Waals surface area contributed by atoms with Gasteiger partial charge in [0.25, 0.3) is 0 Å². The lowest BCUT2D eigenvalue weighted by Gasteiger charge is -2.30. The summed E-state index contributed by atoms with van der Waals surface area (Å²) in [7, 11) is 1.87. The summed E-state index contributed by atoms with van der Waals surface area (Å²) in [6, 6.07) is 0. The molecule has 0 radical (unpaired) electrons. The standard InChI is InChI=1S/C8H11ClN2O/c1-11-5-8(4-10-11)12-7-2-6(9)3-7/h4-7H,2-3H2,1H3. The van der Waals surface area contributed by atoms with E-state index in [0.29, 0.717) is 11.5 Å². The molecule has 0 amide bonds. The maximum Gasteiger partial charge on any atom is 0.157 e. The number of halogens is 1. The van der Waals surface area contributed by atoms with Gasteiger partial charge in [-0.2, -0.15) is 5.10 Å². The van der Waals surface area contributed by atoms with Gasteiger partial charge in [-0.05, 0) is 0 Å². The third kappa shape index (κ3) is 1.55. The maximum absolute atomic E-state index is 5.81. The van der Waals surface area contributed by atoms with Crippen molar-refractivity contribution < 1.29 is 4.74 Å². The summed E-state index contributed by atoms with van der Waals surface area (Å²) in [6.07, 6.45) is 5.80. The summed E-state index contributed by atoms with van der Waals surface area (Å²) >= 11 is 5.81. The van der Waals surface area contributed by atoms with Crippen LogP contribution in [-0.4, -0.2) is 21.3 Å². The normalized spacial score (nSPS) is 28.2. The maximum atomic E-state index is 5.81. The van der Waals surface area contributed by atoms with Gasteiger partial charge in [0, 0.05) is 25.3 Å². The first-order valence-corrected chi connectivity index (χ1v) is 4.47. The Morgan fingerprint density at radius 3 is 2.92 bits per heavy atom. The van der Waals surface area contributed by atoms with Crippen LogP contribution >= 0.6 is 11.6 Å². The third-order valence-corrected chi connectivity index (χ3v) is 2.38. The highest BCUT2D eigenvalue weighted by molar-refractivity contribution is 6.21. The highest BCUT2D eigenvalue weighted by Gasteiger charge is 2.29. The second-order valence-electron chi connectivity index (χ2n) is 3.16. The van der Waals surface area contributed by atoms with Crippen LogP contribution in [0.1, 0.15) is 12.8 Å². The molecule has 3 nitrogen and oxygen atoms in total. The second kappa shape index (κ2) is 2.98. The van der Waals surface area contributed by atoms with Gasteiger partial charge in [0.05, 0.1) is 12.4 Å². The zero-order valence-electron chi connectivity index (χ0n) is 6.90. The van der Waals surface area contributed by atoms with Crippen LogP contribution in [0.5, 0.6) is 5.75 Å². The lowest BCUT2D eigenvalue weighted by Crippen LogP contribution is -2.34. The molecule has 0 aromatic carbocycles. The summed E-state index contributed by atoms with van der Waals surface area (Å²) in [5.41, 5.74) is 0. The van der Waals surface area contributed by atoms with Gasteiger partial charge in [0.15, 0.2) is 5.75 Å². The van der Waals surface area contributed by atoms with E-state index in [-0.39, 0.29) is 0 Å². The van der Waals surface area contributed by atoms with Gasteiger partial charge >= 0.3 is 0 Å². The highest BCUT2D eigenvalue weighted by Crippen LogP contribution is 2.29. The van der Waals surface area contributed by atoms with Crippen LogP contribution in [-0.2, 0) is 7.05 Å². The van der Waals surface area contributed by atoms with Crippen molar-refractivity contribution in [1.82, 2.24) is 9.78 Å². The van der Waals surface area contributed by atoms with E-state index in [9.17, 15) is 0 Å². The number of nitrogens with zero attached hydrogens (tertiary/aromatic N) is 2. The molecule has 1 heterocycles. The highest BCUT2D eigenvalue weighted by atomic mass is 35.5. The summed E-state index contributed by atoms with van der Waals surface area (Å²) < 4.78 is 7.30. The Hall–Kier alpha value is -0.700. The van der Waals surface area contributed by atoms with E-state index in [0.717, 1.165) is 18.6 Å². The molecular formula is C8H11ClN2O. The zero-order valence-corrected chi connectivity index (χ0v) is 7.66. The van der Waals surface area contributed by atoms with E-state index in [1.165, 1.54) is 0 Å². The van der Waals surface area contributed by atoms with E-state index >= 15 is 0 Å². The molecule has 0 spiro atoms. The predicted molar refractivity (Wildman–Crippen MR) is 46.5 cm³/mol. The third-order valence-electron chi connectivity index (χ3n) is 2.02. The average molecular weight is 187 g/mol. The lowest BCUT2D eigenvalue weighted by molar-refractivity contribution is 0.124. The monoisotopic (exact) mass is 186 g/mol. The molecule has 0 bridgehead atoms. The predicted octanol–water partition coefficient (Wildman–Crippen LogP) is 1.57. The second-order valence-corrected chi connectivity index (χ2v) is 3.78. The lowest BCUT2D eigenvalue weighted by atomic mass is 9.95. The van der Waals surface area contributed by atoms with Crippen LogP contribution in [0.2, 0.25) is 0 Å². The Balaban J connectivity index is 1.88. The van der Waals surface area contributed by atoms with Gasteiger partial charge in [-0.1, -0.05) is 0 Å². The van der Waals surface area contributed by atoms with Gasteiger partial charge < -0.3 is 4.74 Å². The number of alkyl halides is 1. The molecule has 0 N–H and O–H groups in total. The van der Waals surface area contributed by atoms with Gasteiger partial charge in [0.1, 0.15) is 6.10 Å². The Bertz CT molecular complexity index is 268. The minimum absolute atomic E-state index is 0.302. The molecule has 1 aromatic heterocycles. The van der Waals surface area contributed by atoms with Crippen LogP contribution < -0.4 is 4.74 Å². The minimum atomic E-state index is 0.302. The summed E-state index contributed by atoms with van der Waals surface area (Å²) in [5, 5.41) is 4.32. The van der Waals surface area contributed by atoms with Crippen LogP contribution in [0, 0.1) is 0 Å². The van der Waals surface area contributed by atoms with Crippen molar-refractivity contribution in [2.75, 3.05) is 0 Å². The zero-order chi connectivity index (χ0) is 8.55. The molecular weight excluding hydrogens is 176 g/mol. The van der Waals surface area contributed by atoms with E-state index in [4.69, 9.17) is 16.3 Å². The van der Waals surface area contributed by atoms with Crippen molar-refractivity contribution in [2.24, 2.45) is 7.05 Å². The fourth-order valence-corrected chi connectivity index (χ4v) is 1.65. The smallest absolute Gasteiger partial charge is 0.157 e. The summed E-state index contributed by atoms with van der Waals surface area (Å²) in [4.78, 5) is 0. The van der Waals surface area contributed by atoms with Crippen molar-refractivity contribution >= 4 is 11.6 Å². The van der Waals surface area contributed by atoms with Crippen molar-refractivity contribution in [3.05, 3.63) is 12.4 Å². The molecule has 0 saturated heterocycles. The fraction of sp³-hybridized carbons (Fsp3) is 0.625. The Morgan fingerprint density at radius 1 is 1.67 bits per heavy atom. The molecule has 2 rings (SSSR count). The van der Waals surface area contributed by atoms with Gasteiger partial charge in [-0.3, -0.25) is 4.68 Å². The number of ether oxygens (including phenoxy) is 1. The topological polar surface area (TPSA) is 27.1 Å². The first-order valence-electron chi connectivity index (χ1n) is 4.03. The van der Waals surface area contributed by atoms with E-state index in [1.807, 2.05) is 13.2 Å². The SMILES string of the molecule is Cn1cc(OC2CC(Cl)C2)cn1. The molecule has 4 heteroatoms. The van der Waals surface area contributed by atoms with Crippen LogP contribution in [0.4, 0.5) is 0 Å². The molecule has 1 saturated carbocycles. The molecule has 0 atom stereocenters. The first-order chi connectivity index (χ1) is 5.74. The largest absolute Gasteiger partial charge is 0.487 e. The minimum Gasteiger partial charge on any atom is -0.487 e. The number of rotatable bonds is 2. The van der Waals surface area contributed by atoms with Crippen molar-refractivity contribution in [3.8, 4) is 5.75 Å². The molecule has 12 heavy (non-hydrogen) atoms. The Labute approximate surface area is 76.3 Å². The molecule has 1 aliphatic carbocycles.